The molecule has 0 radical (unpaired) electrons. The normalized spacial score (nSPS) is 10.6. The molecule has 0 N–H and O–H groups in total. The summed E-state index contributed by atoms with van der Waals surface area (Å²) in [6.07, 6.45) is 0. The van der Waals surface area contributed by atoms with Crippen LogP contribution in [0.1, 0.15) is 5.01 Å². The number of para-hydroxylation sites is 1. The molecule has 0 fully saturated rings. The summed E-state index contributed by atoms with van der Waals surface area (Å²) in [5.41, 5.74) is 2.17. The van der Waals surface area contributed by atoms with Gasteiger partial charge < -0.3 is 0 Å². The largest absolute Gasteiger partial charge is 0.269 e. The molecule has 94 valence electrons. The van der Waals surface area contributed by atoms with Crippen LogP contribution in [0, 0.1) is 6.92 Å². The number of hydrogen-bond acceptors (Lipinski definition) is 2. The number of hydrogen-bond donors (Lipinski definition) is 0. The summed E-state index contributed by atoms with van der Waals surface area (Å²) in [5.74, 6) is 0. The van der Waals surface area contributed by atoms with E-state index in [2.05, 4.69) is 24.2 Å². The highest BCUT2D eigenvalue weighted by molar-refractivity contribution is 7.14. The Labute approximate surface area is 120 Å². The third-order valence-corrected chi connectivity index (χ3v) is 4.06. The van der Waals surface area contributed by atoms with Crippen molar-refractivity contribution in [1.29, 1.82) is 0 Å². The fraction of sp³-hybridized carbons (Fsp3) is 0.0667. The van der Waals surface area contributed by atoms with Gasteiger partial charge in [-0.25, -0.2) is 0 Å². The van der Waals surface area contributed by atoms with Crippen molar-refractivity contribution >= 4 is 22.9 Å². The molecule has 3 aromatic rings. The first-order valence-corrected chi connectivity index (χ1v) is 7.14. The zero-order valence-corrected chi connectivity index (χ0v) is 11.9. The fourth-order valence-electron chi connectivity index (χ4n) is 1.88. The molecule has 2 aromatic carbocycles. The van der Waals surface area contributed by atoms with Gasteiger partial charge in [-0.1, -0.05) is 41.9 Å². The molecule has 3 rings (SSSR count). The van der Waals surface area contributed by atoms with Crippen molar-refractivity contribution in [2.45, 2.75) is 6.92 Å². The van der Waals surface area contributed by atoms with E-state index < -0.39 is 0 Å². The van der Waals surface area contributed by atoms with E-state index in [1.807, 2.05) is 47.1 Å². The monoisotopic (exact) mass is 287 g/mol. The van der Waals surface area contributed by atoms with Gasteiger partial charge in [0.05, 0.1) is 0 Å². The van der Waals surface area contributed by atoms with Crippen LogP contribution in [0.3, 0.4) is 0 Å². The standard InChI is InChI=1S/C15H12ClN2S/c1-11-18(14-5-3-2-4-6-14)17-15(19-11)12-7-9-13(16)10-8-12/h2-10H,1H3/q+1. The molecule has 1 aromatic heterocycles. The number of benzene rings is 2. The third-order valence-electron chi connectivity index (χ3n) is 2.83. The number of rotatable bonds is 2. The second-order valence-electron chi connectivity index (χ2n) is 4.18. The summed E-state index contributed by atoms with van der Waals surface area (Å²) in [7, 11) is 0. The molecule has 0 saturated heterocycles. The average molecular weight is 288 g/mol. The average Bonchev–Trinajstić information content (AvgIpc) is 2.83. The molecule has 0 atom stereocenters. The van der Waals surface area contributed by atoms with Crippen molar-refractivity contribution in [1.82, 2.24) is 5.10 Å². The number of halogens is 1. The van der Waals surface area contributed by atoms with Crippen molar-refractivity contribution in [3.05, 3.63) is 64.6 Å². The highest BCUT2D eigenvalue weighted by Gasteiger charge is 2.19. The molecular formula is C15H12ClN2S+. The van der Waals surface area contributed by atoms with Gasteiger partial charge in [0, 0.05) is 34.7 Å². The summed E-state index contributed by atoms with van der Waals surface area (Å²) in [4.78, 5) is 0. The Kier molecular flexibility index (Phi) is 3.32. The maximum Gasteiger partial charge on any atom is 0.269 e. The zero-order valence-electron chi connectivity index (χ0n) is 10.4. The van der Waals surface area contributed by atoms with Crippen LogP contribution in [0.25, 0.3) is 16.3 Å². The maximum absolute atomic E-state index is 5.91. The highest BCUT2D eigenvalue weighted by Crippen LogP contribution is 2.24. The first kappa shape index (κ1) is 12.3. The van der Waals surface area contributed by atoms with Gasteiger partial charge in [0.1, 0.15) is 0 Å². The van der Waals surface area contributed by atoms with Crippen molar-refractivity contribution in [3.8, 4) is 16.3 Å². The molecule has 2 nitrogen and oxygen atoms in total. The smallest absolute Gasteiger partial charge is 0.0843 e. The molecule has 0 aliphatic carbocycles. The van der Waals surface area contributed by atoms with Gasteiger partial charge in [-0.3, -0.25) is 0 Å². The van der Waals surface area contributed by atoms with E-state index in [9.17, 15) is 0 Å². The lowest BCUT2D eigenvalue weighted by atomic mass is 10.2. The van der Waals surface area contributed by atoms with Gasteiger partial charge in [0.2, 0.25) is 5.69 Å². The van der Waals surface area contributed by atoms with Crippen LogP contribution in [-0.2, 0) is 0 Å². The number of aryl methyl sites for hydroxylation is 1. The topological polar surface area (TPSA) is 16.8 Å². The molecule has 0 spiro atoms. The molecule has 0 unspecified atom stereocenters. The van der Waals surface area contributed by atoms with Crippen LogP contribution in [0.15, 0.2) is 54.6 Å². The minimum Gasteiger partial charge on any atom is -0.0843 e. The second-order valence-corrected chi connectivity index (χ2v) is 5.80. The van der Waals surface area contributed by atoms with Gasteiger partial charge in [0.15, 0.2) is 5.01 Å². The van der Waals surface area contributed by atoms with E-state index in [0.717, 1.165) is 26.3 Å². The quantitative estimate of drug-likeness (QED) is 0.650. The lowest BCUT2D eigenvalue weighted by Gasteiger charge is -1.92. The van der Waals surface area contributed by atoms with E-state index in [-0.39, 0.29) is 0 Å². The van der Waals surface area contributed by atoms with E-state index in [1.165, 1.54) is 0 Å². The lowest BCUT2D eigenvalue weighted by Crippen LogP contribution is -2.34. The van der Waals surface area contributed by atoms with E-state index in [4.69, 9.17) is 11.6 Å². The van der Waals surface area contributed by atoms with Crippen molar-refractivity contribution in [2.75, 3.05) is 0 Å². The van der Waals surface area contributed by atoms with Crippen LogP contribution in [0.2, 0.25) is 5.02 Å². The van der Waals surface area contributed by atoms with Crippen molar-refractivity contribution in [3.63, 3.8) is 0 Å². The Morgan fingerprint density at radius 2 is 1.68 bits per heavy atom. The van der Waals surface area contributed by atoms with Crippen molar-refractivity contribution in [2.24, 2.45) is 0 Å². The van der Waals surface area contributed by atoms with Crippen LogP contribution in [0.5, 0.6) is 0 Å². The van der Waals surface area contributed by atoms with E-state index in [1.54, 1.807) is 11.3 Å². The first-order chi connectivity index (χ1) is 9.24. The van der Waals surface area contributed by atoms with Crippen LogP contribution in [0.4, 0.5) is 0 Å². The van der Waals surface area contributed by atoms with E-state index >= 15 is 0 Å². The Hall–Kier alpha value is -1.71. The van der Waals surface area contributed by atoms with Crippen LogP contribution < -0.4 is 4.68 Å². The first-order valence-electron chi connectivity index (χ1n) is 5.95. The molecule has 0 amide bonds. The fourth-order valence-corrected chi connectivity index (χ4v) is 2.90. The van der Waals surface area contributed by atoms with Gasteiger partial charge >= 0.3 is 0 Å². The Balaban J connectivity index is 2.04. The summed E-state index contributed by atoms with van der Waals surface area (Å²) in [6.45, 7) is 2.07. The summed E-state index contributed by atoms with van der Waals surface area (Å²) in [6, 6.07) is 17.9. The minimum atomic E-state index is 0.743. The zero-order chi connectivity index (χ0) is 13.2. The van der Waals surface area contributed by atoms with Gasteiger partial charge in [-0.05, 0) is 28.2 Å². The molecule has 0 saturated carbocycles. The van der Waals surface area contributed by atoms with Crippen LogP contribution >= 0.6 is 22.9 Å². The third kappa shape index (κ3) is 2.53. The predicted octanol–water partition coefficient (Wildman–Crippen LogP) is 4.05. The molecule has 0 aliphatic heterocycles. The SMILES string of the molecule is Cc1sc(-c2ccc(Cl)cc2)n[n+]1-c1ccccc1. The Morgan fingerprint density at radius 3 is 2.37 bits per heavy atom. The Bertz CT molecular complexity index is 690. The maximum atomic E-state index is 5.91. The summed E-state index contributed by atoms with van der Waals surface area (Å²) < 4.78 is 1.97. The van der Waals surface area contributed by atoms with Crippen LogP contribution in [-0.4, -0.2) is 5.10 Å². The predicted molar refractivity (Wildman–Crippen MR) is 78.8 cm³/mol. The number of aromatic nitrogens is 2. The highest BCUT2D eigenvalue weighted by atomic mass is 35.5. The molecule has 4 heteroatoms. The second kappa shape index (κ2) is 5.11. The van der Waals surface area contributed by atoms with Crippen molar-refractivity contribution < 1.29 is 4.68 Å². The molecule has 0 aliphatic rings. The summed E-state index contributed by atoms with van der Waals surface area (Å²) in [5, 5.41) is 7.56. The van der Waals surface area contributed by atoms with Gasteiger partial charge in [-0.15, -0.1) is 0 Å². The molecular weight excluding hydrogens is 276 g/mol. The molecule has 19 heavy (non-hydrogen) atoms. The van der Waals surface area contributed by atoms with E-state index in [0.29, 0.717) is 0 Å². The Morgan fingerprint density at radius 1 is 1.00 bits per heavy atom. The minimum absolute atomic E-state index is 0.743. The molecule has 0 bridgehead atoms. The summed E-state index contributed by atoms with van der Waals surface area (Å²) >= 11 is 7.59. The molecule has 1 heterocycles. The van der Waals surface area contributed by atoms with Gasteiger partial charge in [0.25, 0.3) is 5.01 Å². The van der Waals surface area contributed by atoms with Gasteiger partial charge in [-0.2, -0.15) is 0 Å². The lowest BCUT2D eigenvalue weighted by molar-refractivity contribution is -0.659. The number of nitrogens with zero attached hydrogens (tertiary/aromatic N) is 2.